The van der Waals surface area contributed by atoms with Crippen LogP contribution < -0.4 is 0 Å². The van der Waals surface area contributed by atoms with Gasteiger partial charge < -0.3 is 4.90 Å². The molecular weight excluding hydrogens is 528 g/mol. The second-order valence-corrected chi connectivity index (χ2v) is 9.82. The van der Waals surface area contributed by atoms with Gasteiger partial charge in [-0.25, -0.2) is 4.98 Å². The number of aryl methyl sites for hydroxylation is 2. The molecule has 0 unspecified atom stereocenters. The summed E-state index contributed by atoms with van der Waals surface area (Å²) in [7, 11) is 1.31. The zero-order valence-electron chi connectivity index (χ0n) is 20.4. The molecule has 0 saturated carbocycles. The van der Waals surface area contributed by atoms with Gasteiger partial charge in [-0.3, -0.25) is 9.78 Å². The Morgan fingerprint density at radius 3 is 2.08 bits per heavy atom. The van der Waals surface area contributed by atoms with Crippen molar-refractivity contribution >= 4 is 17.2 Å². The van der Waals surface area contributed by atoms with Crippen LogP contribution in [0.2, 0.25) is 0 Å². The van der Waals surface area contributed by atoms with E-state index in [-0.39, 0.29) is 17.2 Å². The lowest BCUT2D eigenvalue weighted by atomic mass is 9.95. The highest BCUT2D eigenvalue weighted by molar-refractivity contribution is 7.09. The molecule has 38 heavy (non-hydrogen) atoms. The molecule has 0 radical (unpaired) electrons. The lowest BCUT2D eigenvalue weighted by Crippen LogP contribution is -2.27. The number of aromatic nitrogens is 2. The summed E-state index contributed by atoms with van der Waals surface area (Å²) in [4.78, 5) is 23.4. The van der Waals surface area contributed by atoms with E-state index >= 15 is 0 Å². The number of pyridine rings is 1. The van der Waals surface area contributed by atoms with E-state index in [2.05, 4.69) is 9.97 Å². The van der Waals surface area contributed by atoms with Crippen molar-refractivity contribution in [3.63, 3.8) is 0 Å². The number of benzene rings is 2. The number of rotatable bonds is 5. The number of carbonyl (C=O) groups excluding carboxylic acids is 1. The van der Waals surface area contributed by atoms with Crippen LogP contribution in [0, 0.1) is 13.8 Å². The third kappa shape index (κ3) is 5.88. The van der Waals surface area contributed by atoms with Crippen LogP contribution >= 0.6 is 11.3 Å². The molecule has 0 aliphatic heterocycles. The number of thiazole rings is 1. The van der Waals surface area contributed by atoms with E-state index in [9.17, 15) is 31.1 Å². The SMILES string of the molecule is Cc1nc(-c2cc(-c3ccccc3C)c(C(=O)N(C)Cc3cc(C(F)(F)F)cc(C(F)(F)F)c3)cn2)cs1. The Hall–Kier alpha value is -3.73. The van der Waals surface area contributed by atoms with Gasteiger partial charge in [0.2, 0.25) is 0 Å². The quantitative estimate of drug-likeness (QED) is 0.239. The number of hydrogen-bond acceptors (Lipinski definition) is 4. The summed E-state index contributed by atoms with van der Waals surface area (Å²) < 4.78 is 79.8. The van der Waals surface area contributed by atoms with Gasteiger partial charge in [0.15, 0.2) is 0 Å². The highest BCUT2D eigenvalue weighted by atomic mass is 32.1. The molecular formula is C27H21F6N3OS. The monoisotopic (exact) mass is 549 g/mol. The summed E-state index contributed by atoms with van der Waals surface area (Å²) in [5.74, 6) is -0.609. The molecule has 0 spiro atoms. The number of alkyl halides is 6. The van der Waals surface area contributed by atoms with Crippen LogP contribution in [-0.2, 0) is 18.9 Å². The van der Waals surface area contributed by atoms with Crippen molar-refractivity contribution < 1.29 is 31.1 Å². The van der Waals surface area contributed by atoms with Gasteiger partial charge in [0.25, 0.3) is 5.91 Å². The van der Waals surface area contributed by atoms with E-state index in [1.54, 1.807) is 12.1 Å². The molecule has 0 bridgehead atoms. The lowest BCUT2D eigenvalue weighted by Gasteiger charge is -2.21. The summed E-state index contributed by atoms with van der Waals surface area (Å²) in [5.41, 5.74) is 0.250. The van der Waals surface area contributed by atoms with E-state index < -0.39 is 35.9 Å². The van der Waals surface area contributed by atoms with Crippen LogP contribution in [0.15, 0.2) is 60.1 Å². The summed E-state index contributed by atoms with van der Waals surface area (Å²) >= 11 is 1.44. The maximum absolute atomic E-state index is 13.5. The zero-order valence-corrected chi connectivity index (χ0v) is 21.2. The predicted octanol–water partition coefficient (Wildman–Crippen LogP) is 7.80. The van der Waals surface area contributed by atoms with E-state index in [0.717, 1.165) is 21.0 Å². The first-order valence-electron chi connectivity index (χ1n) is 11.3. The summed E-state index contributed by atoms with van der Waals surface area (Å²) in [5, 5.41) is 2.66. The molecule has 4 rings (SSSR count). The predicted molar refractivity (Wildman–Crippen MR) is 132 cm³/mol. The van der Waals surface area contributed by atoms with E-state index in [4.69, 9.17) is 0 Å². The molecule has 4 nitrogen and oxygen atoms in total. The van der Waals surface area contributed by atoms with Crippen molar-refractivity contribution in [1.82, 2.24) is 14.9 Å². The molecule has 2 heterocycles. The Morgan fingerprint density at radius 1 is 0.895 bits per heavy atom. The Kier molecular flexibility index (Phi) is 7.33. The maximum atomic E-state index is 13.5. The Bertz CT molecular complexity index is 1460. The molecule has 198 valence electrons. The molecule has 0 aliphatic rings. The van der Waals surface area contributed by atoms with Crippen LogP contribution in [-0.4, -0.2) is 27.8 Å². The van der Waals surface area contributed by atoms with E-state index in [0.29, 0.717) is 29.1 Å². The minimum Gasteiger partial charge on any atom is -0.337 e. The Labute approximate surface area is 218 Å². The number of halogens is 6. The van der Waals surface area contributed by atoms with Crippen LogP contribution in [0.4, 0.5) is 26.3 Å². The van der Waals surface area contributed by atoms with Crippen molar-refractivity contribution in [2.75, 3.05) is 7.05 Å². The van der Waals surface area contributed by atoms with Crippen molar-refractivity contribution in [3.05, 3.63) is 92.9 Å². The normalized spacial score (nSPS) is 12.0. The van der Waals surface area contributed by atoms with Crippen LogP contribution in [0.5, 0.6) is 0 Å². The van der Waals surface area contributed by atoms with Crippen molar-refractivity contribution in [1.29, 1.82) is 0 Å². The van der Waals surface area contributed by atoms with E-state index in [1.807, 2.05) is 37.4 Å². The third-order valence-electron chi connectivity index (χ3n) is 5.86. The van der Waals surface area contributed by atoms with Gasteiger partial charge in [0.1, 0.15) is 0 Å². The summed E-state index contributed by atoms with van der Waals surface area (Å²) in [6, 6.07) is 10.3. The molecule has 11 heteroatoms. The molecule has 0 saturated heterocycles. The molecule has 2 aromatic heterocycles. The minimum atomic E-state index is -4.98. The van der Waals surface area contributed by atoms with Gasteiger partial charge in [-0.05, 0) is 60.4 Å². The van der Waals surface area contributed by atoms with Gasteiger partial charge in [0, 0.05) is 25.2 Å². The van der Waals surface area contributed by atoms with Gasteiger partial charge in [-0.1, -0.05) is 24.3 Å². The summed E-state index contributed by atoms with van der Waals surface area (Å²) in [6.45, 7) is 3.23. The van der Waals surface area contributed by atoms with Crippen molar-refractivity contribution in [2.24, 2.45) is 0 Å². The second kappa shape index (κ2) is 10.2. The number of carbonyl (C=O) groups is 1. The van der Waals surface area contributed by atoms with Gasteiger partial charge in [-0.15, -0.1) is 11.3 Å². The van der Waals surface area contributed by atoms with Crippen molar-refractivity contribution in [3.8, 4) is 22.5 Å². The highest BCUT2D eigenvalue weighted by Crippen LogP contribution is 2.37. The van der Waals surface area contributed by atoms with Gasteiger partial charge in [-0.2, -0.15) is 26.3 Å². The second-order valence-electron chi connectivity index (χ2n) is 8.76. The molecule has 0 N–H and O–H groups in total. The smallest absolute Gasteiger partial charge is 0.337 e. The number of nitrogens with zero attached hydrogens (tertiary/aromatic N) is 3. The highest BCUT2D eigenvalue weighted by Gasteiger charge is 2.37. The molecule has 2 aromatic carbocycles. The number of amides is 1. The lowest BCUT2D eigenvalue weighted by molar-refractivity contribution is -0.143. The molecule has 0 fully saturated rings. The topological polar surface area (TPSA) is 46.1 Å². The van der Waals surface area contributed by atoms with Crippen molar-refractivity contribution in [2.45, 2.75) is 32.7 Å². The van der Waals surface area contributed by atoms with Gasteiger partial charge >= 0.3 is 12.4 Å². The fourth-order valence-corrected chi connectivity index (χ4v) is 4.61. The largest absolute Gasteiger partial charge is 0.416 e. The molecule has 0 aliphatic carbocycles. The Morgan fingerprint density at radius 2 is 1.53 bits per heavy atom. The molecule has 0 atom stereocenters. The Balaban J connectivity index is 1.74. The average molecular weight is 550 g/mol. The summed E-state index contributed by atoms with van der Waals surface area (Å²) in [6.07, 6.45) is -8.60. The third-order valence-corrected chi connectivity index (χ3v) is 6.64. The van der Waals surface area contributed by atoms with Crippen LogP contribution in [0.3, 0.4) is 0 Å². The average Bonchev–Trinajstić information content (AvgIpc) is 3.28. The first kappa shape index (κ1) is 27.3. The van der Waals surface area contributed by atoms with Crippen LogP contribution in [0.1, 0.15) is 37.6 Å². The van der Waals surface area contributed by atoms with E-state index in [1.165, 1.54) is 24.6 Å². The van der Waals surface area contributed by atoms with Crippen LogP contribution in [0.25, 0.3) is 22.5 Å². The fourth-order valence-electron chi connectivity index (χ4n) is 4.01. The first-order chi connectivity index (χ1) is 17.7. The maximum Gasteiger partial charge on any atom is 0.416 e. The molecule has 1 amide bonds. The zero-order chi connectivity index (χ0) is 27.8. The number of hydrogen-bond donors (Lipinski definition) is 0. The fraction of sp³-hybridized carbons (Fsp3) is 0.222. The van der Waals surface area contributed by atoms with Gasteiger partial charge in [0.05, 0.1) is 33.1 Å². The minimum absolute atomic E-state index is 0.0600. The standard InChI is InChI=1S/C27H21F6N3OS/c1-15-6-4-5-7-20(15)21-11-23(24-14-38-16(2)35-24)34-12-22(21)25(37)36(3)13-17-8-18(26(28,29)30)10-19(9-17)27(31,32)33/h4-12,14H,13H2,1-3H3. The first-order valence-corrected chi connectivity index (χ1v) is 12.1. The molecule has 4 aromatic rings.